The van der Waals surface area contributed by atoms with Crippen molar-refractivity contribution >= 4 is 43.5 Å². The van der Waals surface area contributed by atoms with Gasteiger partial charge in [-0.25, -0.2) is 23.0 Å². The molecule has 0 aliphatic rings. The number of methoxy groups -OCH3 is 2. The third kappa shape index (κ3) is 4.15. The van der Waals surface area contributed by atoms with Crippen LogP contribution in [0.25, 0.3) is 16.9 Å². The van der Waals surface area contributed by atoms with E-state index in [0.717, 1.165) is 0 Å². The van der Waals surface area contributed by atoms with Crippen molar-refractivity contribution in [1.82, 2.24) is 9.78 Å². The van der Waals surface area contributed by atoms with E-state index in [0.29, 0.717) is 27.2 Å². The molecular weight excluding hydrogens is 486 g/mol. The predicted octanol–water partition coefficient (Wildman–Crippen LogP) is 3.40. The highest BCUT2D eigenvalue weighted by molar-refractivity contribution is 9.10. The SMILES string of the molecule is COC(=O)c1nn(-c2ccc(S(N)(=O)=O)cc2)c(-c2ccc(OC)c(Br)c2)c1Cl. The van der Waals surface area contributed by atoms with E-state index in [2.05, 4.69) is 21.0 Å². The van der Waals surface area contributed by atoms with E-state index in [1.165, 1.54) is 36.1 Å². The quantitative estimate of drug-likeness (QED) is 0.537. The Labute approximate surface area is 180 Å². The number of carbonyl (C=O) groups is 1. The molecule has 1 aromatic heterocycles. The van der Waals surface area contributed by atoms with Crippen molar-refractivity contribution in [2.24, 2.45) is 5.14 Å². The Hall–Kier alpha value is -2.40. The second-order valence-electron chi connectivity index (χ2n) is 5.80. The number of hydrogen-bond donors (Lipinski definition) is 1. The molecule has 0 amide bonds. The molecule has 0 aliphatic heterocycles. The molecule has 0 atom stereocenters. The van der Waals surface area contributed by atoms with Crippen molar-refractivity contribution in [2.45, 2.75) is 4.90 Å². The molecule has 0 saturated carbocycles. The van der Waals surface area contributed by atoms with Crippen LogP contribution in [0, 0.1) is 0 Å². The fraction of sp³-hybridized carbons (Fsp3) is 0.111. The van der Waals surface area contributed by atoms with Crippen molar-refractivity contribution < 1.29 is 22.7 Å². The molecule has 0 unspecified atom stereocenters. The van der Waals surface area contributed by atoms with Crippen LogP contribution in [0.5, 0.6) is 5.75 Å². The van der Waals surface area contributed by atoms with Crippen molar-refractivity contribution in [1.29, 1.82) is 0 Å². The van der Waals surface area contributed by atoms with Crippen LogP contribution in [0.15, 0.2) is 51.8 Å². The van der Waals surface area contributed by atoms with Gasteiger partial charge < -0.3 is 9.47 Å². The van der Waals surface area contributed by atoms with Crippen LogP contribution in [0.4, 0.5) is 0 Å². The van der Waals surface area contributed by atoms with Gasteiger partial charge in [-0.15, -0.1) is 0 Å². The number of esters is 1. The number of rotatable bonds is 5. The summed E-state index contributed by atoms with van der Waals surface area (Å²) in [6, 6.07) is 10.9. The highest BCUT2D eigenvalue weighted by Crippen LogP contribution is 2.37. The second kappa shape index (κ2) is 8.15. The third-order valence-corrected chi connectivity index (χ3v) is 5.95. The summed E-state index contributed by atoms with van der Waals surface area (Å²) in [5.74, 6) is -0.0923. The Morgan fingerprint density at radius 1 is 1.17 bits per heavy atom. The van der Waals surface area contributed by atoms with Crippen LogP contribution in [-0.4, -0.2) is 38.4 Å². The summed E-state index contributed by atoms with van der Waals surface area (Å²) in [5, 5.41) is 9.51. The molecule has 29 heavy (non-hydrogen) atoms. The van der Waals surface area contributed by atoms with Crippen molar-refractivity contribution in [3.05, 3.63) is 57.7 Å². The summed E-state index contributed by atoms with van der Waals surface area (Å²) < 4.78 is 35.1. The van der Waals surface area contributed by atoms with E-state index >= 15 is 0 Å². The zero-order chi connectivity index (χ0) is 21.3. The molecule has 3 aromatic rings. The lowest BCUT2D eigenvalue weighted by atomic mass is 10.1. The second-order valence-corrected chi connectivity index (χ2v) is 8.60. The standard InChI is InChI=1S/C18H15BrClN3O5S/c1-27-14-8-3-10(9-13(14)19)17-15(20)16(18(24)28-2)22-23(17)11-4-6-12(7-5-11)29(21,25)26/h3-9H,1-2H3,(H2,21,25,26). The normalized spacial score (nSPS) is 11.3. The number of nitrogens with two attached hydrogens (primary N) is 1. The van der Waals surface area contributed by atoms with Crippen molar-refractivity contribution in [2.75, 3.05) is 14.2 Å². The van der Waals surface area contributed by atoms with Gasteiger partial charge in [0.2, 0.25) is 10.0 Å². The topological polar surface area (TPSA) is 114 Å². The number of nitrogens with zero attached hydrogens (tertiary/aromatic N) is 2. The summed E-state index contributed by atoms with van der Waals surface area (Å²) in [4.78, 5) is 12.1. The largest absolute Gasteiger partial charge is 0.496 e. The molecule has 0 fully saturated rings. The number of halogens is 2. The maximum Gasteiger partial charge on any atom is 0.360 e. The van der Waals surface area contributed by atoms with Crippen molar-refractivity contribution in [3.8, 4) is 22.7 Å². The van der Waals surface area contributed by atoms with Gasteiger partial charge in [0, 0.05) is 5.56 Å². The fourth-order valence-electron chi connectivity index (χ4n) is 2.65. The minimum absolute atomic E-state index is 0.0542. The lowest BCUT2D eigenvalue weighted by Crippen LogP contribution is -2.12. The average Bonchev–Trinajstić information content (AvgIpc) is 3.04. The van der Waals surface area contributed by atoms with Gasteiger partial charge in [-0.05, 0) is 58.4 Å². The van der Waals surface area contributed by atoms with Crippen LogP contribution in [0.2, 0.25) is 5.02 Å². The summed E-state index contributed by atoms with van der Waals surface area (Å²) >= 11 is 9.89. The first-order chi connectivity index (χ1) is 13.7. The van der Waals surface area contributed by atoms with Gasteiger partial charge in [0.1, 0.15) is 10.8 Å². The van der Waals surface area contributed by atoms with E-state index < -0.39 is 16.0 Å². The molecule has 11 heteroatoms. The number of benzene rings is 2. The summed E-state index contributed by atoms with van der Waals surface area (Å²) in [7, 11) is -1.08. The average molecular weight is 501 g/mol. The molecule has 8 nitrogen and oxygen atoms in total. The number of aromatic nitrogens is 2. The van der Waals surface area contributed by atoms with Gasteiger partial charge in [-0.2, -0.15) is 5.10 Å². The molecule has 0 radical (unpaired) electrons. The minimum Gasteiger partial charge on any atom is -0.496 e. The zero-order valence-corrected chi connectivity index (χ0v) is 18.4. The lowest BCUT2D eigenvalue weighted by molar-refractivity contribution is 0.0593. The highest BCUT2D eigenvalue weighted by Gasteiger charge is 2.25. The third-order valence-electron chi connectivity index (χ3n) is 4.04. The van der Waals surface area contributed by atoms with Crippen LogP contribution >= 0.6 is 27.5 Å². The number of sulfonamides is 1. The van der Waals surface area contributed by atoms with E-state index in [-0.39, 0.29) is 15.6 Å². The molecule has 152 valence electrons. The fourth-order valence-corrected chi connectivity index (χ4v) is 4.01. The van der Waals surface area contributed by atoms with Crippen LogP contribution in [0.1, 0.15) is 10.5 Å². The molecular formula is C18H15BrClN3O5S. The number of carbonyl (C=O) groups excluding carboxylic acids is 1. The summed E-state index contributed by atoms with van der Waals surface area (Å²) in [6.07, 6.45) is 0. The van der Waals surface area contributed by atoms with Crippen LogP contribution in [0.3, 0.4) is 0 Å². The molecule has 2 aromatic carbocycles. The van der Waals surface area contributed by atoms with Gasteiger partial charge >= 0.3 is 5.97 Å². The maximum absolute atomic E-state index is 12.1. The van der Waals surface area contributed by atoms with Gasteiger partial charge in [0.25, 0.3) is 0 Å². The van der Waals surface area contributed by atoms with E-state index in [4.69, 9.17) is 26.2 Å². The predicted molar refractivity (Wildman–Crippen MR) is 111 cm³/mol. The minimum atomic E-state index is -3.85. The Balaban J connectivity index is 2.23. The van der Waals surface area contributed by atoms with E-state index in [1.54, 1.807) is 25.3 Å². The summed E-state index contributed by atoms with van der Waals surface area (Å²) in [5.41, 5.74) is 1.45. The molecule has 3 rings (SSSR count). The first kappa shape index (κ1) is 21.3. The first-order valence-electron chi connectivity index (χ1n) is 8.01. The molecule has 0 saturated heterocycles. The van der Waals surface area contributed by atoms with Crippen molar-refractivity contribution in [3.63, 3.8) is 0 Å². The van der Waals surface area contributed by atoms with Crippen LogP contribution < -0.4 is 9.88 Å². The maximum atomic E-state index is 12.1. The van der Waals surface area contributed by atoms with E-state index in [9.17, 15) is 13.2 Å². The van der Waals surface area contributed by atoms with Crippen LogP contribution in [-0.2, 0) is 14.8 Å². The monoisotopic (exact) mass is 499 g/mol. The molecule has 1 heterocycles. The van der Waals surface area contributed by atoms with E-state index in [1.807, 2.05) is 0 Å². The van der Waals surface area contributed by atoms with Gasteiger partial charge in [-0.3, -0.25) is 0 Å². The number of hydrogen-bond acceptors (Lipinski definition) is 6. The Kier molecular flexibility index (Phi) is 5.99. The number of primary sulfonamides is 1. The molecule has 0 aliphatic carbocycles. The molecule has 2 N–H and O–H groups in total. The molecule has 0 bridgehead atoms. The Morgan fingerprint density at radius 2 is 1.83 bits per heavy atom. The van der Waals surface area contributed by atoms with Gasteiger partial charge in [0.05, 0.1) is 35.0 Å². The Morgan fingerprint density at radius 3 is 2.34 bits per heavy atom. The molecule has 0 spiro atoms. The summed E-state index contributed by atoms with van der Waals surface area (Å²) in [6.45, 7) is 0. The van der Waals surface area contributed by atoms with Gasteiger partial charge in [0.15, 0.2) is 5.69 Å². The van der Waals surface area contributed by atoms with Gasteiger partial charge in [-0.1, -0.05) is 11.6 Å². The number of ether oxygens (including phenoxy) is 2. The lowest BCUT2D eigenvalue weighted by Gasteiger charge is -2.10. The Bertz CT molecular complexity index is 1190. The zero-order valence-electron chi connectivity index (χ0n) is 15.2. The highest BCUT2D eigenvalue weighted by atomic mass is 79.9. The first-order valence-corrected chi connectivity index (χ1v) is 10.7. The smallest absolute Gasteiger partial charge is 0.360 e.